The zero-order valence-corrected chi connectivity index (χ0v) is 10.7. The molecular weight excluding hydrogens is 222 g/mol. The molecule has 0 aliphatic rings. The van der Waals surface area contributed by atoms with Crippen LogP contribution in [0.3, 0.4) is 0 Å². The van der Waals surface area contributed by atoms with Crippen LogP contribution in [0.5, 0.6) is 0 Å². The van der Waals surface area contributed by atoms with E-state index >= 15 is 0 Å². The first kappa shape index (κ1) is 12.4. The maximum absolute atomic E-state index is 12.1. The van der Waals surface area contributed by atoms with Crippen LogP contribution in [0.1, 0.15) is 34.5 Å². The van der Waals surface area contributed by atoms with Crippen LogP contribution >= 0.6 is 0 Å². The highest BCUT2D eigenvalue weighted by molar-refractivity contribution is 5.94. The van der Waals surface area contributed by atoms with Gasteiger partial charge in [-0.05, 0) is 31.5 Å². The van der Waals surface area contributed by atoms with Crippen molar-refractivity contribution in [1.29, 1.82) is 0 Å². The lowest BCUT2D eigenvalue weighted by atomic mass is 10.1. The minimum absolute atomic E-state index is 0.0132. The van der Waals surface area contributed by atoms with Crippen LogP contribution in [0.25, 0.3) is 0 Å². The van der Waals surface area contributed by atoms with E-state index in [0.717, 1.165) is 11.1 Å². The zero-order chi connectivity index (χ0) is 13.0. The number of aryl methyl sites for hydroxylation is 1. The number of hydrogen-bond acceptors (Lipinski definition) is 1. The van der Waals surface area contributed by atoms with E-state index in [0.29, 0.717) is 5.56 Å². The van der Waals surface area contributed by atoms with Gasteiger partial charge in [0.2, 0.25) is 0 Å². The summed E-state index contributed by atoms with van der Waals surface area (Å²) in [5.41, 5.74) is 2.91. The molecule has 0 saturated heterocycles. The first-order valence-electron chi connectivity index (χ1n) is 6.09. The molecule has 0 aliphatic carbocycles. The Morgan fingerprint density at radius 1 is 1.06 bits per heavy atom. The van der Waals surface area contributed by atoms with Gasteiger partial charge < -0.3 is 5.32 Å². The minimum atomic E-state index is -0.0324. The molecule has 0 spiro atoms. The van der Waals surface area contributed by atoms with E-state index in [1.165, 1.54) is 0 Å². The molecule has 2 aromatic rings. The van der Waals surface area contributed by atoms with Crippen molar-refractivity contribution in [2.45, 2.75) is 19.9 Å². The predicted molar refractivity (Wildman–Crippen MR) is 73.5 cm³/mol. The molecule has 1 amide bonds. The number of carbonyl (C=O) groups is 1. The molecule has 1 atom stereocenters. The Labute approximate surface area is 108 Å². The SMILES string of the molecule is Cc1cccc(C(=O)N[C@@H](C)c2ccccc2)c1. The molecule has 0 radical (unpaired) electrons. The Hall–Kier alpha value is -2.09. The molecular formula is C16H17NO. The fourth-order valence-corrected chi connectivity index (χ4v) is 1.89. The molecule has 0 unspecified atom stereocenters. The summed E-state index contributed by atoms with van der Waals surface area (Å²) in [6.45, 7) is 3.97. The number of rotatable bonds is 3. The second-order valence-electron chi connectivity index (χ2n) is 4.48. The number of hydrogen-bond donors (Lipinski definition) is 1. The second kappa shape index (κ2) is 5.50. The Morgan fingerprint density at radius 2 is 1.78 bits per heavy atom. The highest BCUT2D eigenvalue weighted by Crippen LogP contribution is 2.12. The molecule has 18 heavy (non-hydrogen) atoms. The van der Waals surface area contributed by atoms with E-state index < -0.39 is 0 Å². The van der Waals surface area contributed by atoms with Gasteiger partial charge in [-0.3, -0.25) is 4.79 Å². The van der Waals surface area contributed by atoms with Gasteiger partial charge >= 0.3 is 0 Å². The molecule has 0 heterocycles. The Bertz CT molecular complexity index is 534. The third-order valence-corrected chi connectivity index (χ3v) is 2.93. The molecule has 0 saturated carbocycles. The Kier molecular flexibility index (Phi) is 3.78. The Morgan fingerprint density at radius 3 is 2.44 bits per heavy atom. The maximum atomic E-state index is 12.1. The molecule has 92 valence electrons. The molecule has 2 aromatic carbocycles. The lowest BCUT2D eigenvalue weighted by molar-refractivity contribution is 0.0940. The molecule has 0 bridgehead atoms. The van der Waals surface area contributed by atoms with Gasteiger partial charge in [-0.25, -0.2) is 0 Å². The van der Waals surface area contributed by atoms with Crippen molar-refractivity contribution in [3.05, 3.63) is 71.3 Å². The van der Waals surface area contributed by atoms with Crippen LogP contribution < -0.4 is 5.32 Å². The van der Waals surface area contributed by atoms with Crippen LogP contribution in [0, 0.1) is 6.92 Å². The van der Waals surface area contributed by atoms with E-state index in [2.05, 4.69) is 5.32 Å². The zero-order valence-electron chi connectivity index (χ0n) is 10.7. The van der Waals surface area contributed by atoms with E-state index in [4.69, 9.17) is 0 Å². The van der Waals surface area contributed by atoms with E-state index in [9.17, 15) is 4.79 Å². The van der Waals surface area contributed by atoms with Gasteiger partial charge in [0.05, 0.1) is 6.04 Å². The molecule has 0 aliphatic heterocycles. The second-order valence-corrected chi connectivity index (χ2v) is 4.48. The van der Waals surface area contributed by atoms with Crippen molar-refractivity contribution in [2.24, 2.45) is 0 Å². The van der Waals surface area contributed by atoms with Crippen molar-refractivity contribution in [3.8, 4) is 0 Å². The van der Waals surface area contributed by atoms with Crippen molar-refractivity contribution in [1.82, 2.24) is 5.32 Å². The van der Waals surface area contributed by atoms with Gasteiger partial charge in [0.1, 0.15) is 0 Å². The summed E-state index contributed by atoms with van der Waals surface area (Å²) >= 11 is 0. The summed E-state index contributed by atoms with van der Waals surface area (Å²) in [4.78, 5) is 12.1. The van der Waals surface area contributed by atoms with E-state index in [-0.39, 0.29) is 11.9 Å². The van der Waals surface area contributed by atoms with Crippen LogP contribution in [0.4, 0.5) is 0 Å². The van der Waals surface area contributed by atoms with Crippen LogP contribution in [0.15, 0.2) is 54.6 Å². The summed E-state index contributed by atoms with van der Waals surface area (Å²) in [7, 11) is 0. The summed E-state index contributed by atoms with van der Waals surface area (Å²) in [5.74, 6) is -0.0324. The monoisotopic (exact) mass is 239 g/mol. The molecule has 2 nitrogen and oxygen atoms in total. The van der Waals surface area contributed by atoms with Crippen LogP contribution in [0.2, 0.25) is 0 Å². The third kappa shape index (κ3) is 2.98. The van der Waals surface area contributed by atoms with Gasteiger partial charge in [-0.15, -0.1) is 0 Å². The first-order chi connectivity index (χ1) is 8.66. The minimum Gasteiger partial charge on any atom is -0.346 e. The quantitative estimate of drug-likeness (QED) is 0.872. The molecule has 2 heteroatoms. The fourth-order valence-electron chi connectivity index (χ4n) is 1.89. The molecule has 0 aromatic heterocycles. The third-order valence-electron chi connectivity index (χ3n) is 2.93. The van der Waals surface area contributed by atoms with Gasteiger partial charge in [-0.1, -0.05) is 48.0 Å². The van der Waals surface area contributed by atoms with E-state index in [1.807, 2.05) is 68.4 Å². The normalized spacial score (nSPS) is 11.9. The number of benzene rings is 2. The van der Waals surface area contributed by atoms with Crippen molar-refractivity contribution in [3.63, 3.8) is 0 Å². The van der Waals surface area contributed by atoms with E-state index in [1.54, 1.807) is 0 Å². The topological polar surface area (TPSA) is 29.1 Å². The standard InChI is InChI=1S/C16H17NO/c1-12-7-6-10-15(11-12)16(18)17-13(2)14-8-4-3-5-9-14/h3-11,13H,1-2H3,(H,17,18)/t13-/m0/s1. The van der Waals surface area contributed by atoms with Gasteiger partial charge in [-0.2, -0.15) is 0 Å². The van der Waals surface area contributed by atoms with Crippen molar-refractivity contribution >= 4 is 5.91 Å². The lowest BCUT2D eigenvalue weighted by Gasteiger charge is -2.14. The van der Waals surface area contributed by atoms with Crippen molar-refractivity contribution < 1.29 is 4.79 Å². The number of amides is 1. The highest BCUT2D eigenvalue weighted by Gasteiger charge is 2.10. The predicted octanol–water partition coefficient (Wildman–Crippen LogP) is 3.49. The average molecular weight is 239 g/mol. The number of nitrogens with one attached hydrogen (secondary N) is 1. The van der Waals surface area contributed by atoms with Gasteiger partial charge in [0, 0.05) is 5.56 Å². The maximum Gasteiger partial charge on any atom is 0.251 e. The lowest BCUT2D eigenvalue weighted by Crippen LogP contribution is -2.26. The Balaban J connectivity index is 2.08. The summed E-state index contributed by atoms with van der Waals surface area (Å²) in [6, 6.07) is 17.6. The number of carbonyl (C=O) groups excluding carboxylic acids is 1. The average Bonchev–Trinajstić information content (AvgIpc) is 2.39. The highest BCUT2D eigenvalue weighted by atomic mass is 16.1. The summed E-state index contributed by atoms with van der Waals surface area (Å²) in [6.07, 6.45) is 0. The largest absolute Gasteiger partial charge is 0.346 e. The fraction of sp³-hybridized carbons (Fsp3) is 0.188. The smallest absolute Gasteiger partial charge is 0.251 e. The van der Waals surface area contributed by atoms with Crippen LogP contribution in [-0.4, -0.2) is 5.91 Å². The van der Waals surface area contributed by atoms with Gasteiger partial charge in [0.25, 0.3) is 5.91 Å². The summed E-state index contributed by atoms with van der Waals surface area (Å²) in [5, 5.41) is 3.00. The molecule has 1 N–H and O–H groups in total. The summed E-state index contributed by atoms with van der Waals surface area (Å²) < 4.78 is 0. The van der Waals surface area contributed by atoms with Gasteiger partial charge in [0.15, 0.2) is 0 Å². The van der Waals surface area contributed by atoms with Crippen LogP contribution in [-0.2, 0) is 0 Å². The first-order valence-corrected chi connectivity index (χ1v) is 6.09. The molecule has 0 fully saturated rings. The van der Waals surface area contributed by atoms with Crippen molar-refractivity contribution in [2.75, 3.05) is 0 Å². The molecule has 2 rings (SSSR count).